The zero-order chi connectivity index (χ0) is 28.6. The molecule has 4 atom stereocenters. The third-order valence-corrected chi connectivity index (χ3v) is 10.3. The molecule has 5 rings (SSSR count). The van der Waals surface area contributed by atoms with Crippen molar-refractivity contribution in [1.29, 1.82) is 0 Å². The van der Waals surface area contributed by atoms with E-state index in [-0.39, 0.29) is 18.1 Å². The van der Waals surface area contributed by atoms with E-state index in [4.69, 9.17) is 9.47 Å². The Morgan fingerprint density at radius 1 is 0.707 bits per heavy atom. The van der Waals surface area contributed by atoms with E-state index in [9.17, 15) is 8.78 Å². The topological polar surface area (TPSA) is 18.5 Å². The zero-order valence-corrected chi connectivity index (χ0v) is 25.3. The molecule has 0 bridgehead atoms. The fraction of sp³-hybridized carbons (Fsp3) is 0.622. The van der Waals surface area contributed by atoms with Gasteiger partial charge in [0.1, 0.15) is 0 Å². The number of benzene rings is 2. The molecule has 3 saturated carbocycles. The Morgan fingerprint density at radius 2 is 1.34 bits per heavy atom. The van der Waals surface area contributed by atoms with Gasteiger partial charge in [-0.1, -0.05) is 62.6 Å². The van der Waals surface area contributed by atoms with Crippen molar-refractivity contribution < 1.29 is 18.3 Å². The van der Waals surface area contributed by atoms with E-state index >= 15 is 0 Å². The Bertz CT molecular complexity index is 1120. The fourth-order valence-corrected chi connectivity index (χ4v) is 7.95. The van der Waals surface area contributed by atoms with Crippen LogP contribution in [0.4, 0.5) is 8.78 Å². The van der Waals surface area contributed by atoms with Crippen LogP contribution in [-0.4, -0.2) is 13.2 Å². The van der Waals surface area contributed by atoms with Gasteiger partial charge in [0, 0.05) is 6.42 Å². The standard InChI is InChI=1S/C37H50F2O2/c1-3-5-28-12-18-33-25-29(13-19-32(33)24-28)7-6-26-8-14-30(15-9-26)31-16-10-27(11-17-31)22-23-41-35-21-20-34(40-4-2)36(38)37(35)39/h6-7,10-11,16-17,20-21,26,28-30,32-33H,3-5,8-9,12-15,18-19,22-25H2,1-2H3/b7-6+. The minimum absolute atomic E-state index is 0.0735. The number of hydrogen-bond acceptors (Lipinski definition) is 2. The zero-order valence-electron chi connectivity index (χ0n) is 25.3. The highest BCUT2D eigenvalue weighted by atomic mass is 19.2. The van der Waals surface area contributed by atoms with Crippen LogP contribution in [0.15, 0.2) is 48.6 Å². The van der Waals surface area contributed by atoms with E-state index in [1.807, 2.05) is 0 Å². The second-order valence-electron chi connectivity index (χ2n) is 13.0. The van der Waals surface area contributed by atoms with Crippen LogP contribution in [0.2, 0.25) is 0 Å². The molecule has 3 fully saturated rings. The summed E-state index contributed by atoms with van der Waals surface area (Å²) in [6, 6.07) is 11.7. The summed E-state index contributed by atoms with van der Waals surface area (Å²) in [5.74, 6) is 3.08. The van der Waals surface area contributed by atoms with Gasteiger partial charge < -0.3 is 9.47 Å². The average Bonchev–Trinajstić information content (AvgIpc) is 3.00. The summed E-state index contributed by atoms with van der Waals surface area (Å²) in [6.45, 7) is 4.66. The monoisotopic (exact) mass is 564 g/mol. The Hall–Kier alpha value is -2.36. The fourth-order valence-electron chi connectivity index (χ4n) is 7.95. The second kappa shape index (κ2) is 14.7. The number of ether oxygens (including phenoxy) is 2. The summed E-state index contributed by atoms with van der Waals surface area (Å²) < 4.78 is 39.0. The maximum absolute atomic E-state index is 14.3. The molecule has 41 heavy (non-hydrogen) atoms. The van der Waals surface area contributed by atoms with Crippen LogP contribution in [0, 0.1) is 41.2 Å². The lowest BCUT2D eigenvalue weighted by atomic mass is 9.64. The third kappa shape index (κ3) is 7.93. The van der Waals surface area contributed by atoms with Crippen molar-refractivity contribution >= 4 is 0 Å². The quantitative estimate of drug-likeness (QED) is 0.253. The highest BCUT2D eigenvalue weighted by molar-refractivity contribution is 5.35. The van der Waals surface area contributed by atoms with Crippen molar-refractivity contribution in [3.05, 3.63) is 71.3 Å². The van der Waals surface area contributed by atoms with E-state index in [1.165, 1.54) is 94.7 Å². The summed E-state index contributed by atoms with van der Waals surface area (Å²) >= 11 is 0. The molecule has 0 heterocycles. The Balaban J connectivity index is 1.02. The van der Waals surface area contributed by atoms with Crippen molar-refractivity contribution in [3.63, 3.8) is 0 Å². The molecule has 0 aliphatic heterocycles. The molecule has 4 heteroatoms. The van der Waals surface area contributed by atoms with E-state index in [1.54, 1.807) is 6.92 Å². The van der Waals surface area contributed by atoms with Gasteiger partial charge in [-0.15, -0.1) is 0 Å². The molecular formula is C37H50F2O2. The Morgan fingerprint density at radius 3 is 2.05 bits per heavy atom. The molecule has 3 aliphatic rings. The molecular weight excluding hydrogens is 514 g/mol. The highest BCUT2D eigenvalue weighted by Crippen LogP contribution is 2.46. The predicted molar refractivity (Wildman–Crippen MR) is 164 cm³/mol. The largest absolute Gasteiger partial charge is 0.491 e. The van der Waals surface area contributed by atoms with Crippen LogP contribution in [0.1, 0.15) is 108 Å². The number of hydrogen-bond donors (Lipinski definition) is 0. The van der Waals surface area contributed by atoms with Gasteiger partial charge in [0.2, 0.25) is 11.6 Å². The molecule has 224 valence electrons. The van der Waals surface area contributed by atoms with Crippen LogP contribution in [0.3, 0.4) is 0 Å². The Labute approximate surface area is 246 Å². The molecule has 2 aromatic rings. The van der Waals surface area contributed by atoms with Crippen molar-refractivity contribution in [1.82, 2.24) is 0 Å². The predicted octanol–water partition coefficient (Wildman–Crippen LogP) is 10.4. The van der Waals surface area contributed by atoms with Crippen molar-refractivity contribution in [2.24, 2.45) is 29.6 Å². The van der Waals surface area contributed by atoms with E-state index < -0.39 is 11.6 Å². The first kappa shape index (κ1) is 30.1. The first-order valence-electron chi connectivity index (χ1n) is 16.5. The van der Waals surface area contributed by atoms with Gasteiger partial charge in [-0.05, 0) is 123 Å². The average molecular weight is 565 g/mol. The lowest BCUT2D eigenvalue weighted by Crippen LogP contribution is -2.30. The second-order valence-corrected chi connectivity index (χ2v) is 13.0. The summed E-state index contributed by atoms with van der Waals surface area (Å²) in [4.78, 5) is 0. The molecule has 0 radical (unpaired) electrons. The molecule has 2 nitrogen and oxygen atoms in total. The minimum atomic E-state index is -0.995. The van der Waals surface area contributed by atoms with Crippen molar-refractivity contribution in [2.45, 2.75) is 103 Å². The highest BCUT2D eigenvalue weighted by Gasteiger charge is 2.34. The molecule has 0 spiro atoms. The number of allylic oxidation sites excluding steroid dienone is 2. The van der Waals surface area contributed by atoms with Crippen LogP contribution in [-0.2, 0) is 6.42 Å². The summed E-state index contributed by atoms with van der Waals surface area (Å²) in [5, 5.41) is 0. The van der Waals surface area contributed by atoms with Gasteiger partial charge in [0.25, 0.3) is 0 Å². The van der Waals surface area contributed by atoms with Gasteiger partial charge >= 0.3 is 0 Å². The molecule has 2 aromatic carbocycles. The molecule has 0 amide bonds. The van der Waals surface area contributed by atoms with E-state index in [0.717, 1.165) is 35.2 Å². The van der Waals surface area contributed by atoms with Crippen LogP contribution in [0.25, 0.3) is 0 Å². The van der Waals surface area contributed by atoms with Gasteiger partial charge in [0.15, 0.2) is 11.5 Å². The SMILES string of the molecule is CCCC1CCC2CC(/C=C/C3CCC(c4ccc(CCOc5ccc(OCC)c(F)c5F)cc4)CC3)CCC2C1. The normalized spacial score (nSPS) is 28.4. The van der Waals surface area contributed by atoms with Crippen LogP contribution in [0.5, 0.6) is 11.5 Å². The molecule has 0 saturated heterocycles. The van der Waals surface area contributed by atoms with E-state index in [0.29, 0.717) is 18.9 Å². The van der Waals surface area contributed by atoms with E-state index in [2.05, 4.69) is 43.3 Å². The summed E-state index contributed by atoms with van der Waals surface area (Å²) in [7, 11) is 0. The van der Waals surface area contributed by atoms with Crippen LogP contribution < -0.4 is 9.47 Å². The van der Waals surface area contributed by atoms with Crippen molar-refractivity contribution in [3.8, 4) is 11.5 Å². The van der Waals surface area contributed by atoms with Crippen molar-refractivity contribution in [2.75, 3.05) is 13.2 Å². The van der Waals surface area contributed by atoms with Gasteiger partial charge in [-0.2, -0.15) is 8.78 Å². The smallest absolute Gasteiger partial charge is 0.204 e. The maximum atomic E-state index is 14.3. The molecule has 0 aromatic heterocycles. The van der Waals surface area contributed by atoms with Gasteiger partial charge in [-0.25, -0.2) is 0 Å². The number of rotatable bonds is 11. The number of fused-ring (bicyclic) bond motifs is 1. The molecule has 3 aliphatic carbocycles. The summed E-state index contributed by atoms with van der Waals surface area (Å²) in [5.41, 5.74) is 2.57. The minimum Gasteiger partial charge on any atom is -0.491 e. The van der Waals surface area contributed by atoms with Crippen LogP contribution >= 0.6 is 0 Å². The number of halogens is 2. The van der Waals surface area contributed by atoms with Gasteiger partial charge in [0.05, 0.1) is 13.2 Å². The lowest BCUT2D eigenvalue weighted by Gasteiger charge is -2.41. The van der Waals surface area contributed by atoms with Gasteiger partial charge in [-0.3, -0.25) is 0 Å². The third-order valence-electron chi connectivity index (χ3n) is 10.3. The lowest BCUT2D eigenvalue weighted by molar-refractivity contribution is 0.107. The summed E-state index contributed by atoms with van der Waals surface area (Å²) in [6.07, 6.45) is 22.6. The first-order valence-corrected chi connectivity index (χ1v) is 16.5. The molecule has 4 unspecified atom stereocenters. The first-order chi connectivity index (χ1) is 20.0. The Kier molecular flexibility index (Phi) is 10.8. The maximum Gasteiger partial charge on any atom is 0.204 e. The molecule has 0 N–H and O–H groups in total.